The zero-order valence-corrected chi connectivity index (χ0v) is 11.8. The first kappa shape index (κ1) is 15.1. The maximum absolute atomic E-state index is 13.2. The molecular formula is C11H20F2N2O3S. The van der Waals surface area contributed by atoms with Crippen LogP contribution in [0.25, 0.3) is 0 Å². The summed E-state index contributed by atoms with van der Waals surface area (Å²) < 4.78 is 58.8. The van der Waals surface area contributed by atoms with Gasteiger partial charge in [0.1, 0.15) is 0 Å². The van der Waals surface area contributed by atoms with E-state index in [2.05, 4.69) is 0 Å². The maximum Gasteiger partial charge on any atom is 0.282 e. The monoisotopic (exact) mass is 298 g/mol. The molecule has 0 aromatic heterocycles. The standard InChI is InChI=1S/C11H20F2N2O3S/c1-11(12,13)10-2-4-14(5-3-10)19(16,17)15-6-8-18-9-7-15/h10H,2-9H2,1H3. The zero-order chi connectivity index (χ0) is 14.1. The summed E-state index contributed by atoms with van der Waals surface area (Å²) in [5.41, 5.74) is 0. The van der Waals surface area contributed by atoms with Crippen LogP contribution in [0, 0.1) is 5.92 Å². The summed E-state index contributed by atoms with van der Waals surface area (Å²) in [4.78, 5) is 0. The van der Waals surface area contributed by atoms with Crippen LogP contribution in [-0.4, -0.2) is 62.3 Å². The largest absolute Gasteiger partial charge is 0.379 e. The number of ether oxygens (including phenoxy) is 1. The van der Waals surface area contributed by atoms with Crippen LogP contribution in [0.4, 0.5) is 8.78 Å². The highest BCUT2D eigenvalue weighted by molar-refractivity contribution is 7.86. The van der Waals surface area contributed by atoms with Crippen molar-refractivity contribution in [2.24, 2.45) is 5.92 Å². The molecule has 2 fully saturated rings. The van der Waals surface area contributed by atoms with Crippen LogP contribution >= 0.6 is 0 Å². The third-order valence-corrected chi connectivity index (χ3v) is 5.83. The lowest BCUT2D eigenvalue weighted by Gasteiger charge is -2.37. The van der Waals surface area contributed by atoms with Gasteiger partial charge in [-0.15, -0.1) is 0 Å². The van der Waals surface area contributed by atoms with Crippen LogP contribution in [0.2, 0.25) is 0 Å². The first-order valence-corrected chi connectivity index (χ1v) is 7.92. The van der Waals surface area contributed by atoms with Crippen molar-refractivity contribution in [3.05, 3.63) is 0 Å². The Bertz CT molecular complexity index is 397. The average molecular weight is 298 g/mol. The van der Waals surface area contributed by atoms with Crippen LogP contribution in [0.3, 0.4) is 0 Å². The number of piperidine rings is 1. The molecule has 8 heteroatoms. The first-order valence-electron chi connectivity index (χ1n) is 6.52. The molecule has 0 aromatic rings. The highest BCUT2D eigenvalue weighted by atomic mass is 32.2. The van der Waals surface area contributed by atoms with E-state index in [9.17, 15) is 17.2 Å². The third-order valence-electron chi connectivity index (χ3n) is 3.79. The Morgan fingerprint density at radius 3 is 2.00 bits per heavy atom. The number of morpholine rings is 1. The molecule has 2 heterocycles. The summed E-state index contributed by atoms with van der Waals surface area (Å²) in [6.45, 7) is 2.72. The lowest BCUT2D eigenvalue weighted by atomic mass is 9.92. The Hall–Kier alpha value is -0.310. The second kappa shape index (κ2) is 5.59. The van der Waals surface area contributed by atoms with Gasteiger partial charge in [-0.1, -0.05) is 0 Å². The summed E-state index contributed by atoms with van der Waals surface area (Å²) in [5, 5.41) is 0. The highest BCUT2D eigenvalue weighted by Gasteiger charge is 2.40. The molecular weight excluding hydrogens is 278 g/mol. The van der Waals surface area contributed by atoms with Gasteiger partial charge in [-0.05, 0) is 19.8 Å². The average Bonchev–Trinajstić information content (AvgIpc) is 2.39. The Labute approximate surface area is 112 Å². The van der Waals surface area contributed by atoms with E-state index in [4.69, 9.17) is 4.74 Å². The van der Waals surface area contributed by atoms with Gasteiger partial charge in [-0.2, -0.15) is 17.0 Å². The molecule has 0 unspecified atom stereocenters. The predicted molar refractivity (Wildman–Crippen MR) is 66.2 cm³/mol. The Morgan fingerprint density at radius 2 is 1.53 bits per heavy atom. The van der Waals surface area contributed by atoms with Gasteiger partial charge in [-0.3, -0.25) is 0 Å². The van der Waals surface area contributed by atoms with Crippen LogP contribution in [0.15, 0.2) is 0 Å². The molecule has 0 spiro atoms. The van der Waals surface area contributed by atoms with Gasteiger partial charge < -0.3 is 4.74 Å². The third kappa shape index (κ3) is 3.42. The second-order valence-electron chi connectivity index (χ2n) is 5.15. The quantitative estimate of drug-likeness (QED) is 0.779. The number of rotatable bonds is 3. The van der Waals surface area contributed by atoms with Crippen LogP contribution < -0.4 is 0 Å². The van der Waals surface area contributed by atoms with Gasteiger partial charge >= 0.3 is 0 Å². The van der Waals surface area contributed by atoms with Crippen molar-refractivity contribution < 1.29 is 21.9 Å². The van der Waals surface area contributed by atoms with Crippen molar-refractivity contribution in [2.75, 3.05) is 39.4 Å². The van der Waals surface area contributed by atoms with E-state index in [0.29, 0.717) is 26.3 Å². The van der Waals surface area contributed by atoms with Crippen molar-refractivity contribution in [3.63, 3.8) is 0 Å². The van der Waals surface area contributed by atoms with E-state index in [-0.39, 0.29) is 25.9 Å². The van der Waals surface area contributed by atoms with Crippen LogP contribution in [-0.2, 0) is 14.9 Å². The number of hydrogen-bond acceptors (Lipinski definition) is 3. The van der Waals surface area contributed by atoms with Crippen molar-refractivity contribution in [2.45, 2.75) is 25.7 Å². The van der Waals surface area contributed by atoms with E-state index < -0.39 is 22.0 Å². The number of nitrogens with zero attached hydrogens (tertiary/aromatic N) is 2. The van der Waals surface area contributed by atoms with E-state index in [1.54, 1.807) is 0 Å². The minimum Gasteiger partial charge on any atom is -0.379 e. The molecule has 5 nitrogen and oxygen atoms in total. The van der Waals surface area contributed by atoms with Crippen molar-refractivity contribution in [1.29, 1.82) is 0 Å². The minimum absolute atomic E-state index is 0.174. The minimum atomic E-state index is -3.51. The molecule has 2 rings (SSSR count). The molecule has 112 valence electrons. The molecule has 2 saturated heterocycles. The molecule has 2 aliphatic rings. The van der Waals surface area contributed by atoms with Crippen molar-refractivity contribution in [3.8, 4) is 0 Å². The highest BCUT2D eigenvalue weighted by Crippen LogP contribution is 2.33. The van der Waals surface area contributed by atoms with Crippen LogP contribution in [0.1, 0.15) is 19.8 Å². The first-order chi connectivity index (χ1) is 8.82. The summed E-state index contributed by atoms with van der Waals surface area (Å²) in [6, 6.07) is 0. The molecule has 0 amide bonds. The van der Waals surface area contributed by atoms with Gasteiger partial charge in [-0.25, -0.2) is 8.78 Å². The van der Waals surface area contributed by atoms with E-state index in [0.717, 1.165) is 6.92 Å². The van der Waals surface area contributed by atoms with Gasteiger partial charge in [0.25, 0.3) is 10.2 Å². The fraction of sp³-hybridized carbons (Fsp3) is 1.00. The number of halogens is 2. The fourth-order valence-corrected chi connectivity index (χ4v) is 4.14. The predicted octanol–water partition coefficient (Wildman–Crippen LogP) is 0.931. The number of alkyl halides is 2. The molecule has 0 aliphatic carbocycles. The Morgan fingerprint density at radius 1 is 1.05 bits per heavy atom. The Balaban J connectivity index is 1.96. The summed E-state index contributed by atoms with van der Waals surface area (Å²) in [7, 11) is -3.51. The zero-order valence-electron chi connectivity index (χ0n) is 11.0. The lowest BCUT2D eigenvalue weighted by Crippen LogP contribution is -2.51. The van der Waals surface area contributed by atoms with Gasteiger partial charge in [0, 0.05) is 32.1 Å². The van der Waals surface area contributed by atoms with E-state index >= 15 is 0 Å². The second-order valence-corrected chi connectivity index (χ2v) is 7.08. The molecule has 0 bridgehead atoms. The van der Waals surface area contributed by atoms with Crippen molar-refractivity contribution >= 4 is 10.2 Å². The Kier molecular flexibility index (Phi) is 4.44. The summed E-state index contributed by atoms with van der Waals surface area (Å²) in [6.07, 6.45) is 0.431. The van der Waals surface area contributed by atoms with E-state index in [1.807, 2.05) is 0 Å². The van der Waals surface area contributed by atoms with Crippen LogP contribution in [0.5, 0.6) is 0 Å². The maximum atomic E-state index is 13.2. The molecule has 0 N–H and O–H groups in total. The molecule has 0 saturated carbocycles. The summed E-state index contributed by atoms with van der Waals surface area (Å²) >= 11 is 0. The van der Waals surface area contributed by atoms with E-state index in [1.165, 1.54) is 8.61 Å². The molecule has 0 aromatic carbocycles. The molecule has 0 atom stereocenters. The lowest BCUT2D eigenvalue weighted by molar-refractivity contribution is -0.0564. The molecule has 2 aliphatic heterocycles. The topological polar surface area (TPSA) is 49.9 Å². The van der Waals surface area contributed by atoms with Crippen molar-refractivity contribution in [1.82, 2.24) is 8.61 Å². The summed E-state index contributed by atoms with van der Waals surface area (Å²) in [5.74, 6) is -3.45. The smallest absolute Gasteiger partial charge is 0.282 e. The normalized spacial score (nSPS) is 25.6. The number of hydrogen-bond donors (Lipinski definition) is 0. The van der Waals surface area contributed by atoms with Gasteiger partial charge in [0.2, 0.25) is 5.92 Å². The molecule has 0 radical (unpaired) electrons. The van der Waals surface area contributed by atoms with Gasteiger partial charge in [0.05, 0.1) is 13.2 Å². The fourth-order valence-electron chi connectivity index (χ4n) is 2.53. The SMILES string of the molecule is CC(F)(F)C1CCN(S(=O)(=O)N2CCOCC2)CC1. The van der Waals surface area contributed by atoms with Gasteiger partial charge in [0.15, 0.2) is 0 Å². The molecule has 19 heavy (non-hydrogen) atoms.